The summed E-state index contributed by atoms with van der Waals surface area (Å²) >= 11 is 9.64. The molecule has 100 valence electrons. The van der Waals surface area contributed by atoms with Crippen molar-refractivity contribution in [2.24, 2.45) is 0 Å². The average Bonchev–Trinajstić information content (AvgIpc) is 2.38. The maximum atomic E-state index is 13.5. The van der Waals surface area contributed by atoms with Crippen LogP contribution in [0.15, 0.2) is 40.9 Å². The van der Waals surface area contributed by atoms with Crippen molar-refractivity contribution in [1.29, 1.82) is 0 Å². The first-order valence-corrected chi connectivity index (χ1v) is 7.11. The molecule has 0 fully saturated rings. The zero-order chi connectivity index (χ0) is 14.3. The van der Waals surface area contributed by atoms with Crippen molar-refractivity contribution in [3.05, 3.63) is 57.4 Å². The first-order valence-electron chi connectivity index (χ1n) is 5.94. The van der Waals surface area contributed by atoms with Crippen molar-refractivity contribution in [2.45, 2.75) is 6.92 Å². The molecule has 2 nitrogen and oxygen atoms in total. The summed E-state index contributed by atoms with van der Waals surface area (Å²) in [4.78, 5) is 8.74. The van der Waals surface area contributed by atoms with Crippen LogP contribution in [0.2, 0.25) is 5.15 Å². The predicted octanol–water partition coefficient (Wildman–Crippen LogP) is 5.16. The molecule has 0 spiro atoms. The Labute approximate surface area is 128 Å². The van der Waals surface area contributed by atoms with Crippen LogP contribution >= 0.6 is 27.5 Å². The van der Waals surface area contributed by atoms with E-state index in [0.29, 0.717) is 22.1 Å². The van der Waals surface area contributed by atoms with Crippen LogP contribution in [-0.2, 0) is 0 Å². The second kappa shape index (κ2) is 5.11. The van der Waals surface area contributed by atoms with Gasteiger partial charge in [0.15, 0.2) is 5.82 Å². The molecule has 1 heterocycles. The van der Waals surface area contributed by atoms with E-state index in [0.717, 1.165) is 15.4 Å². The highest BCUT2D eigenvalue weighted by molar-refractivity contribution is 9.10. The minimum Gasteiger partial charge on any atom is -0.227 e. The molecule has 0 atom stereocenters. The van der Waals surface area contributed by atoms with Crippen LogP contribution in [-0.4, -0.2) is 9.97 Å². The highest BCUT2D eigenvalue weighted by Crippen LogP contribution is 2.29. The molecule has 0 N–H and O–H groups in total. The Hall–Kier alpha value is -1.52. The van der Waals surface area contributed by atoms with E-state index in [-0.39, 0.29) is 5.82 Å². The number of halogens is 3. The Kier molecular flexibility index (Phi) is 3.44. The summed E-state index contributed by atoms with van der Waals surface area (Å²) in [5, 5.41) is 1.12. The summed E-state index contributed by atoms with van der Waals surface area (Å²) in [6.45, 7) is 1.82. The van der Waals surface area contributed by atoms with Crippen molar-refractivity contribution in [3.63, 3.8) is 0 Å². The number of para-hydroxylation sites is 1. The van der Waals surface area contributed by atoms with E-state index in [1.54, 1.807) is 0 Å². The van der Waals surface area contributed by atoms with E-state index >= 15 is 0 Å². The SMILES string of the molecule is Cc1cc(F)cc(-c2nc(Cl)c3cccc(Br)c3n2)c1. The molecule has 0 aliphatic heterocycles. The van der Waals surface area contributed by atoms with E-state index in [4.69, 9.17) is 11.6 Å². The van der Waals surface area contributed by atoms with Crippen LogP contribution in [0.1, 0.15) is 5.56 Å². The number of nitrogens with zero attached hydrogens (tertiary/aromatic N) is 2. The Balaban J connectivity index is 2.29. The molecule has 3 rings (SSSR count). The van der Waals surface area contributed by atoms with Crippen LogP contribution in [0.3, 0.4) is 0 Å². The van der Waals surface area contributed by atoms with Crippen LogP contribution in [0.4, 0.5) is 4.39 Å². The van der Waals surface area contributed by atoms with Crippen molar-refractivity contribution in [2.75, 3.05) is 0 Å². The molecule has 0 aliphatic rings. The summed E-state index contributed by atoms with van der Waals surface area (Å²) in [6.07, 6.45) is 0. The van der Waals surface area contributed by atoms with Gasteiger partial charge < -0.3 is 0 Å². The Bertz CT molecular complexity index is 800. The third-order valence-electron chi connectivity index (χ3n) is 2.93. The van der Waals surface area contributed by atoms with Gasteiger partial charge in [0.2, 0.25) is 0 Å². The Morgan fingerprint density at radius 3 is 2.70 bits per heavy atom. The van der Waals surface area contributed by atoms with Crippen molar-refractivity contribution < 1.29 is 4.39 Å². The number of aryl methyl sites for hydroxylation is 1. The zero-order valence-corrected chi connectivity index (χ0v) is 12.8. The van der Waals surface area contributed by atoms with Gasteiger partial charge in [-0.25, -0.2) is 14.4 Å². The summed E-state index contributed by atoms with van der Waals surface area (Å²) in [6, 6.07) is 10.3. The summed E-state index contributed by atoms with van der Waals surface area (Å²) in [5.41, 5.74) is 2.14. The van der Waals surface area contributed by atoms with E-state index in [1.165, 1.54) is 12.1 Å². The van der Waals surface area contributed by atoms with Gasteiger partial charge in [-0.15, -0.1) is 0 Å². The molecule has 0 unspecified atom stereocenters. The molecule has 3 aromatic rings. The number of fused-ring (bicyclic) bond motifs is 1. The molecule has 2 aromatic carbocycles. The summed E-state index contributed by atoms with van der Waals surface area (Å²) in [5.74, 6) is 0.101. The van der Waals surface area contributed by atoms with Gasteiger partial charge in [0.1, 0.15) is 11.0 Å². The fourth-order valence-corrected chi connectivity index (χ4v) is 2.76. The normalized spacial score (nSPS) is 11.0. The highest BCUT2D eigenvalue weighted by Gasteiger charge is 2.11. The molecule has 0 saturated heterocycles. The van der Waals surface area contributed by atoms with Crippen molar-refractivity contribution in [3.8, 4) is 11.4 Å². The summed E-state index contributed by atoms with van der Waals surface area (Å²) in [7, 11) is 0. The first kappa shape index (κ1) is 13.5. The zero-order valence-electron chi connectivity index (χ0n) is 10.5. The van der Waals surface area contributed by atoms with Crippen LogP contribution < -0.4 is 0 Å². The minimum atomic E-state index is -0.313. The quantitative estimate of drug-likeness (QED) is 0.566. The van der Waals surface area contributed by atoms with Crippen molar-refractivity contribution >= 4 is 38.4 Å². The standard InChI is InChI=1S/C15H9BrClFN2/c1-8-5-9(7-10(18)6-8)15-19-13-11(14(17)20-15)3-2-4-12(13)16/h2-7H,1H3. The first-order chi connectivity index (χ1) is 9.54. The van der Waals surface area contributed by atoms with Gasteiger partial charge in [-0.1, -0.05) is 17.7 Å². The molecular formula is C15H9BrClFN2. The Morgan fingerprint density at radius 2 is 1.95 bits per heavy atom. The van der Waals surface area contributed by atoms with E-state index in [1.807, 2.05) is 31.2 Å². The second-order valence-corrected chi connectivity index (χ2v) is 5.70. The number of hydrogen-bond donors (Lipinski definition) is 0. The van der Waals surface area contributed by atoms with E-state index in [2.05, 4.69) is 25.9 Å². The van der Waals surface area contributed by atoms with Gasteiger partial charge in [0.25, 0.3) is 0 Å². The molecule has 5 heteroatoms. The van der Waals surface area contributed by atoms with Crippen molar-refractivity contribution in [1.82, 2.24) is 9.97 Å². The third kappa shape index (κ3) is 2.41. The number of hydrogen-bond acceptors (Lipinski definition) is 2. The topological polar surface area (TPSA) is 25.8 Å². The minimum absolute atomic E-state index is 0.313. The largest absolute Gasteiger partial charge is 0.227 e. The fourth-order valence-electron chi connectivity index (χ4n) is 2.07. The monoisotopic (exact) mass is 350 g/mol. The molecule has 1 aromatic heterocycles. The van der Waals surface area contributed by atoms with Crippen LogP contribution in [0, 0.1) is 12.7 Å². The van der Waals surface area contributed by atoms with Gasteiger partial charge in [-0.3, -0.25) is 0 Å². The fraction of sp³-hybridized carbons (Fsp3) is 0.0667. The lowest BCUT2D eigenvalue weighted by atomic mass is 10.1. The molecular weight excluding hydrogens is 343 g/mol. The van der Waals surface area contributed by atoms with Gasteiger partial charge in [0, 0.05) is 15.4 Å². The molecule has 20 heavy (non-hydrogen) atoms. The maximum Gasteiger partial charge on any atom is 0.161 e. The molecule has 0 radical (unpaired) electrons. The number of rotatable bonds is 1. The predicted molar refractivity (Wildman–Crippen MR) is 82.4 cm³/mol. The maximum absolute atomic E-state index is 13.5. The smallest absolute Gasteiger partial charge is 0.161 e. The number of aromatic nitrogens is 2. The van der Waals surface area contributed by atoms with Gasteiger partial charge in [0.05, 0.1) is 5.52 Å². The van der Waals surface area contributed by atoms with Gasteiger partial charge >= 0.3 is 0 Å². The average molecular weight is 352 g/mol. The third-order valence-corrected chi connectivity index (χ3v) is 3.86. The lowest BCUT2D eigenvalue weighted by Crippen LogP contribution is -1.94. The lowest BCUT2D eigenvalue weighted by molar-refractivity contribution is 0.627. The Morgan fingerprint density at radius 1 is 1.15 bits per heavy atom. The van der Waals surface area contributed by atoms with Gasteiger partial charge in [-0.2, -0.15) is 0 Å². The van der Waals surface area contributed by atoms with Gasteiger partial charge in [-0.05, 0) is 58.7 Å². The van der Waals surface area contributed by atoms with E-state index in [9.17, 15) is 4.39 Å². The van der Waals surface area contributed by atoms with E-state index < -0.39 is 0 Å². The molecule has 0 aliphatic carbocycles. The molecule has 0 bridgehead atoms. The second-order valence-electron chi connectivity index (χ2n) is 4.49. The lowest BCUT2D eigenvalue weighted by Gasteiger charge is -2.07. The number of benzene rings is 2. The molecule has 0 saturated carbocycles. The highest BCUT2D eigenvalue weighted by atomic mass is 79.9. The van der Waals surface area contributed by atoms with Crippen LogP contribution in [0.25, 0.3) is 22.3 Å². The van der Waals surface area contributed by atoms with Crippen LogP contribution in [0.5, 0.6) is 0 Å². The summed E-state index contributed by atoms with van der Waals surface area (Å²) < 4.78 is 14.3. The molecule has 0 amide bonds.